The molecule has 32 heavy (non-hydrogen) atoms. The summed E-state index contributed by atoms with van der Waals surface area (Å²) in [5.74, 6) is -3.74. The lowest BCUT2D eigenvalue weighted by Crippen LogP contribution is -2.40. The number of Topliss-reactive ketones (excluding diaryl/α,β-unsaturated/α-hetero) is 1. The zero-order valence-electron chi connectivity index (χ0n) is 16.0. The van der Waals surface area contributed by atoms with Gasteiger partial charge in [0.15, 0.2) is 17.0 Å². The predicted molar refractivity (Wildman–Crippen MR) is 107 cm³/mol. The maximum atomic E-state index is 13.3. The first-order chi connectivity index (χ1) is 14.8. The van der Waals surface area contributed by atoms with E-state index in [4.69, 9.17) is 38.2 Å². The largest absolute Gasteiger partial charge is 0.586 e. The predicted octanol–water partition coefficient (Wildman–Crippen LogP) is 0.550. The first-order valence-corrected chi connectivity index (χ1v) is 10.2. The van der Waals surface area contributed by atoms with Crippen molar-refractivity contribution in [2.75, 3.05) is 0 Å². The number of nitrogens with two attached hydrogens (primary N) is 1. The van der Waals surface area contributed by atoms with Gasteiger partial charge in [0.2, 0.25) is 17.4 Å². The van der Waals surface area contributed by atoms with E-state index in [1.807, 2.05) is 0 Å². The Hall–Kier alpha value is -3.15. The molecule has 8 nitrogen and oxygen atoms in total. The first kappa shape index (κ1) is 22.1. The van der Waals surface area contributed by atoms with E-state index in [1.165, 1.54) is 24.3 Å². The fourth-order valence-electron chi connectivity index (χ4n) is 3.02. The van der Waals surface area contributed by atoms with Gasteiger partial charge in [-0.05, 0) is 23.3 Å². The first-order valence-electron chi connectivity index (χ1n) is 8.77. The van der Waals surface area contributed by atoms with Crippen molar-refractivity contribution in [2.45, 2.75) is 16.3 Å². The van der Waals surface area contributed by atoms with Crippen LogP contribution in [0.5, 0.6) is 11.5 Å². The number of halogens is 2. The molecule has 2 N–H and O–H groups in total. The number of carbonyl (C=O) groups is 1. The highest BCUT2D eigenvalue weighted by atomic mass is 32.2. The number of ketones is 1. The van der Waals surface area contributed by atoms with Gasteiger partial charge in [0.1, 0.15) is 7.85 Å². The topological polar surface area (TPSA) is 114 Å². The Bertz CT molecular complexity index is 1250. The van der Waals surface area contributed by atoms with E-state index in [0.717, 1.165) is 18.2 Å². The van der Waals surface area contributed by atoms with Gasteiger partial charge in [0.25, 0.3) is 0 Å². The molecule has 0 aromatic heterocycles. The van der Waals surface area contributed by atoms with Crippen molar-refractivity contribution in [1.29, 1.82) is 0 Å². The van der Waals surface area contributed by atoms with E-state index in [2.05, 4.69) is 9.47 Å². The van der Waals surface area contributed by atoms with E-state index in [-0.39, 0.29) is 16.9 Å². The molecule has 2 aromatic carbocycles. The van der Waals surface area contributed by atoms with E-state index >= 15 is 0 Å². The van der Waals surface area contributed by atoms with Gasteiger partial charge >= 0.3 is 16.4 Å². The van der Waals surface area contributed by atoms with Crippen LogP contribution in [0.2, 0.25) is 0 Å². The molecule has 14 heteroatoms. The Morgan fingerprint density at radius 3 is 2.28 bits per heavy atom. The minimum atomic E-state index is -4.90. The normalized spacial score (nSPS) is 22.0. The van der Waals surface area contributed by atoms with Crippen LogP contribution >= 0.6 is 0 Å². The van der Waals surface area contributed by atoms with Crippen molar-refractivity contribution in [3.05, 3.63) is 71.3 Å². The third-order valence-electron chi connectivity index (χ3n) is 4.70. The lowest BCUT2D eigenvalue weighted by Gasteiger charge is -2.26. The van der Waals surface area contributed by atoms with Crippen LogP contribution in [-0.2, 0) is 33.9 Å². The lowest BCUT2D eigenvalue weighted by atomic mass is 9.65. The van der Waals surface area contributed by atoms with Gasteiger partial charge in [-0.3, -0.25) is 4.79 Å². The summed E-state index contributed by atoms with van der Waals surface area (Å²) in [6.45, 7) is 0. The number of hydrogen-bond donors (Lipinski definition) is 1. The molecule has 0 saturated heterocycles. The molecule has 2 aromatic rings. The van der Waals surface area contributed by atoms with Crippen LogP contribution in [0.4, 0.5) is 8.78 Å². The Morgan fingerprint density at radius 2 is 1.62 bits per heavy atom. The smallest absolute Gasteiger partial charge is 0.467 e. The van der Waals surface area contributed by atoms with E-state index < -0.39 is 49.6 Å². The fraction of sp³-hybridized carbons (Fsp3) is 0.167. The molecule has 2 aliphatic rings. The van der Waals surface area contributed by atoms with E-state index in [1.54, 1.807) is 6.07 Å². The lowest BCUT2D eigenvalue weighted by molar-refractivity contribution is -0.286. The van der Waals surface area contributed by atoms with Crippen LogP contribution in [0.15, 0.2) is 60.2 Å². The van der Waals surface area contributed by atoms with Crippen molar-refractivity contribution in [3.63, 3.8) is 0 Å². The molecule has 0 spiro atoms. The minimum absolute atomic E-state index is 0.0405. The van der Waals surface area contributed by atoms with Gasteiger partial charge in [-0.2, -0.15) is 8.42 Å². The number of benzene rings is 2. The van der Waals surface area contributed by atoms with Gasteiger partial charge in [-0.1, -0.05) is 36.4 Å². The third kappa shape index (κ3) is 3.38. The second-order valence-electron chi connectivity index (χ2n) is 6.89. The summed E-state index contributed by atoms with van der Waals surface area (Å²) in [7, 11) is 12.6. The zero-order valence-corrected chi connectivity index (χ0v) is 16.8. The average molecular weight is 455 g/mol. The molecule has 2 aliphatic heterocycles. The molecule has 2 heterocycles. The summed E-state index contributed by atoms with van der Waals surface area (Å²) in [5.41, 5.74) is 2.99. The summed E-state index contributed by atoms with van der Waals surface area (Å²) in [4.78, 5) is 12.9. The van der Waals surface area contributed by atoms with Crippen LogP contribution < -0.4 is 15.2 Å². The van der Waals surface area contributed by atoms with Crippen molar-refractivity contribution in [1.82, 2.24) is 0 Å². The maximum absolute atomic E-state index is 13.3. The summed E-state index contributed by atoms with van der Waals surface area (Å²) < 4.78 is 68.0. The Morgan fingerprint density at radius 1 is 1.00 bits per heavy atom. The monoisotopic (exact) mass is 455 g/mol. The molecule has 4 rings (SSSR count). The van der Waals surface area contributed by atoms with Crippen molar-refractivity contribution < 1.29 is 40.4 Å². The van der Waals surface area contributed by atoms with Gasteiger partial charge in [0.05, 0.1) is 20.2 Å². The molecule has 0 amide bonds. The second-order valence-corrected chi connectivity index (χ2v) is 8.64. The number of fused-ring (bicyclic) bond motifs is 1. The second kappa shape index (κ2) is 6.93. The highest BCUT2D eigenvalue weighted by Crippen LogP contribution is 2.45. The van der Waals surface area contributed by atoms with Crippen LogP contribution in [0.25, 0.3) is 0 Å². The molecule has 158 valence electrons. The summed E-state index contributed by atoms with van der Waals surface area (Å²) in [5, 5.41) is 0. The van der Waals surface area contributed by atoms with Gasteiger partial charge in [0, 0.05) is 0 Å². The summed E-state index contributed by atoms with van der Waals surface area (Å²) >= 11 is 0. The summed E-state index contributed by atoms with van der Waals surface area (Å²) in [6.07, 6.45) is -3.91. The van der Waals surface area contributed by atoms with Gasteiger partial charge in [-0.25, -0.2) is 0 Å². The molecule has 6 radical (unpaired) electrons. The Kier molecular flexibility index (Phi) is 4.78. The molecular formula is C18H10B3F2NO7S. The zero-order chi connectivity index (χ0) is 23.5. The molecular weight excluding hydrogens is 445 g/mol. The highest BCUT2D eigenvalue weighted by molar-refractivity contribution is 7.90. The highest BCUT2D eigenvalue weighted by Gasteiger charge is 2.51. The van der Waals surface area contributed by atoms with Crippen LogP contribution in [0.3, 0.4) is 0 Å². The fourth-order valence-corrected chi connectivity index (χ4v) is 3.96. The molecule has 0 fully saturated rings. The van der Waals surface area contributed by atoms with Crippen LogP contribution in [-0.4, -0.2) is 44.0 Å². The third-order valence-corrected chi connectivity index (χ3v) is 6.15. The number of carbonyl (C=O) groups excluding carboxylic acids is 1. The summed E-state index contributed by atoms with van der Waals surface area (Å²) in [6, 6.07) is 10.4. The molecule has 0 unspecified atom stereocenters. The number of ether oxygens (including phenoxy) is 3. The Balaban J connectivity index is 1.63. The standard InChI is InChI=1S/C18H10B3F2NO7S/c19-16(10-6-7-11-12(8-10)29-18(22,23)28-11)14(25)13(15(24)30-16)31-32(26,27)17(20,21)9-4-2-1-3-5-9/h1-8H,24H2/t16-/m1/s1. The van der Waals surface area contributed by atoms with Crippen molar-refractivity contribution in [2.24, 2.45) is 5.73 Å². The maximum Gasteiger partial charge on any atom is 0.586 e. The minimum Gasteiger partial charge on any atom is -0.467 e. The molecule has 0 bridgehead atoms. The molecule has 1 atom stereocenters. The number of alkyl halides is 2. The van der Waals surface area contributed by atoms with Crippen LogP contribution in [0.1, 0.15) is 11.1 Å². The molecule has 0 saturated carbocycles. The van der Waals surface area contributed by atoms with E-state index in [9.17, 15) is 22.0 Å². The average Bonchev–Trinajstić information content (AvgIpc) is 3.14. The van der Waals surface area contributed by atoms with Crippen LogP contribution in [0, 0.1) is 0 Å². The molecule has 0 aliphatic carbocycles. The number of hydrogen-bond acceptors (Lipinski definition) is 8. The quantitative estimate of drug-likeness (QED) is 0.514. The van der Waals surface area contributed by atoms with Gasteiger partial charge in [-0.15, -0.1) is 8.78 Å². The van der Waals surface area contributed by atoms with E-state index in [0.29, 0.717) is 0 Å². The van der Waals surface area contributed by atoms with Crippen molar-refractivity contribution >= 4 is 39.4 Å². The number of rotatable bonds is 5. The Labute approximate surface area is 185 Å². The SMILES string of the molecule is [B]C([B])(c1ccccc1)S(=O)(=O)OC1=C(N)O[C@]([B])(c2ccc3c(c2)OC(F)(F)O3)C1=O. The van der Waals surface area contributed by atoms with Gasteiger partial charge < -0.3 is 24.1 Å². The van der Waals surface area contributed by atoms with Crippen molar-refractivity contribution in [3.8, 4) is 11.5 Å².